The average Bonchev–Trinajstić information content (AvgIpc) is 3.03. The highest BCUT2D eigenvalue weighted by Gasteiger charge is 2.38. The Morgan fingerprint density at radius 1 is 1.22 bits per heavy atom. The third-order valence-electron chi connectivity index (χ3n) is 4.37. The predicted octanol–water partition coefficient (Wildman–Crippen LogP) is 4.11. The standard InChI is InChI=1S/C19H18BrClN2O4/c1-26-16-10-17(27-2)15(9-14(16)21)22-18(24)13-6-7-23(19(13)25)12-5-3-4-11(20)8-12/h3-5,8-10,13H,6-7H2,1-2H3,(H,22,24). The van der Waals surface area contributed by atoms with Crippen LogP contribution < -0.4 is 19.7 Å². The van der Waals surface area contributed by atoms with Gasteiger partial charge in [-0.1, -0.05) is 33.6 Å². The number of anilines is 2. The number of methoxy groups -OCH3 is 2. The lowest BCUT2D eigenvalue weighted by molar-refractivity contribution is -0.129. The number of rotatable bonds is 5. The summed E-state index contributed by atoms with van der Waals surface area (Å²) in [6.07, 6.45) is 0.434. The molecule has 1 unspecified atom stereocenters. The quantitative estimate of drug-likeness (QED) is 0.692. The number of carbonyl (C=O) groups is 2. The van der Waals surface area contributed by atoms with Gasteiger partial charge in [0.2, 0.25) is 11.8 Å². The van der Waals surface area contributed by atoms with Gasteiger partial charge in [-0.15, -0.1) is 0 Å². The number of nitrogens with one attached hydrogen (secondary N) is 1. The fourth-order valence-electron chi connectivity index (χ4n) is 3.00. The molecule has 6 nitrogen and oxygen atoms in total. The Kier molecular flexibility index (Phi) is 5.92. The fraction of sp³-hybridized carbons (Fsp3) is 0.263. The second kappa shape index (κ2) is 8.19. The molecular formula is C19H18BrClN2O4. The molecule has 0 saturated carbocycles. The van der Waals surface area contributed by atoms with Crippen LogP contribution in [-0.4, -0.2) is 32.6 Å². The van der Waals surface area contributed by atoms with Crippen molar-refractivity contribution in [2.45, 2.75) is 6.42 Å². The fourth-order valence-corrected chi connectivity index (χ4v) is 3.63. The zero-order chi connectivity index (χ0) is 19.6. The summed E-state index contributed by atoms with van der Waals surface area (Å²) >= 11 is 9.53. The first-order valence-electron chi connectivity index (χ1n) is 8.24. The molecule has 2 amide bonds. The summed E-state index contributed by atoms with van der Waals surface area (Å²) < 4.78 is 11.3. The number of amides is 2. The maximum Gasteiger partial charge on any atom is 0.239 e. The topological polar surface area (TPSA) is 67.9 Å². The van der Waals surface area contributed by atoms with E-state index in [0.29, 0.717) is 35.2 Å². The van der Waals surface area contributed by atoms with Crippen LogP contribution in [0.4, 0.5) is 11.4 Å². The molecule has 0 radical (unpaired) electrons. The molecule has 1 fully saturated rings. The Bertz CT molecular complexity index is 890. The van der Waals surface area contributed by atoms with Crippen LogP contribution >= 0.6 is 27.5 Å². The number of hydrogen-bond acceptors (Lipinski definition) is 4. The maximum atomic E-state index is 12.7. The molecule has 0 aromatic heterocycles. The number of carbonyl (C=O) groups excluding carboxylic acids is 2. The van der Waals surface area contributed by atoms with Crippen LogP contribution in [0.5, 0.6) is 11.5 Å². The van der Waals surface area contributed by atoms with Crippen molar-refractivity contribution in [3.05, 3.63) is 45.9 Å². The second-order valence-corrected chi connectivity index (χ2v) is 7.31. The van der Waals surface area contributed by atoms with Crippen molar-refractivity contribution in [1.29, 1.82) is 0 Å². The number of ether oxygens (including phenoxy) is 2. The van der Waals surface area contributed by atoms with Crippen molar-refractivity contribution in [2.24, 2.45) is 5.92 Å². The van der Waals surface area contributed by atoms with Crippen LogP contribution in [0.1, 0.15) is 6.42 Å². The van der Waals surface area contributed by atoms with Gasteiger partial charge in [0.05, 0.1) is 24.9 Å². The van der Waals surface area contributed by atoms with Crippen LogP contribution in [0.2, 0.25) is 5.02 Å². The summed E-state index contributed by atoms with van der Waals surface area (Å²) in [5.41, 5.74) is 1.15. The Labute approximate surface area is 170 Å². The van der Waals surface area contributed by atoms with Gasteiger partial charge in [0.15, 0.2) is 0 Å². The molecule has 1 aliphatic heterocycles. The van der Waals surface area contributed by atoms with Gasteiger partial charge in [-0.25, -0.2) is 0 Å². The van der Waals surface area contributed by atoms with E-state index in [1.54, 1.807) is 17.0 Å². The first-order chi connectivity index (χ1) is 12.9. The van der Waals surface area contributed by atoms with E-state index >= 15 is 0 Å². The Morgan fingerprint density at radius 3 is 2.63 bits per heavy atom. The summed E-state index contributed by atoms with van der Waals surface area (Å²) in [7, 11) is 2.97. The van der Waals surface area contributed by atoms with Crippen molar-refractivity contribution in [3.63, 3.8) is 0 Å². The van der Waals surface area contributed by atoms with Crippen LogP contribution in [0.3, 0.4) is 0 Å². The number of halogens is 2. The average molecular weight is 454 g/mol. The zero-order valence-electron chi connectivity index (χ0n) is 14.8. The normalized spacial score (nSPS) is 16.4. The molecule has 2 aromatic rings. The lowest BCUT2D eigenvalue weighted by atomic mass is 10.1. The van der Waals surface area contributed by atoms with E-state index in [4.69, 9.17) is 21.1 Å². The minimum absolute atomic E-state index is 0.232. The van der Waals surface area contributed by atoms with Gasteiger partial charge in [-0.2, -0.15) is 0 Å². The van der Waals surface area contributed by atoms with Gasteiger partial charge in [-0.05, 0) is 30.7 Å². The van der Waals surface area contributed by atoms with Crippen LogP contribution in [0.15, 0.2) is 40.9 Å². The summed E-state index contributed by atoms with van der Waals surface area (Å²) in [6.45, 7) is 0.480. The molecule has 142 valence electrons. The van der Waals surface area contributed by atoms with E-state index in [-0.39, 0.29) is 5.91 Å². The van der Waals surface area contributed by atoms with Gasteiger partial charge < -0.3 is 19.7 Å². The first-order valence-corrected chi connectivity index (χ1v) is 9.41. The first kappa shape index (κ1) is 19.5. The van der Waals surface area contributed by atoms with Gasteiger partial charge in [-0.3, -0.25) is 9.59 Å². The van der Waals surface area contributed by atoms with E-state index in [0.717, 1.165) is 10.2 Å². The van der Waals surface area contributed by atoms with Crippen LogP contribution in [0.25, 0.3) is 0 Å². The minimum atomic E-state index is -0.769. The van der Waals surface area contributed by atoms with E-state index in [1.165, 1.54) is 14.2 Å². The molecule has 0 bridgehead atoms. The van der Waals surface area contributed by atoms with Crippen LogP contribution in [0, 0.1) is 5.92 Å². The smallest absolute Gasteiger partial charge is 0.239 e. The van der Waals surface area contributed by atoms with Gasteiger partial charge in [0, 0.05) is 22.8 Å². The van der Waals surface area contributed by atoms with E-state index in [2.05, 4.69) is 21.2 Å². The van der Waals surface area contributed by atoms with Crippen molar-refractivity contribution >= 4 is 50.7 Å². The number of nitrogens with zero attached hydrogens (tertiary/aromatic N) is 1. The van der Waals surface area contributed by atoms with Crippen molar-refractivity contribution in [1.82, 2.24) is 0 Å². The lowest BCUT2D eigenvalue weighted by Gasteiger charge is -2.18. The van der Waals surface area contributed by atoms with E-state index in [9.17, 15) is 9.59 Å². The Balaban J connectivity index is 1.78. The molecule has 0 aliphatic carbocycles. The Morgan fingerprint density at radius 2 is 1.96 bits per heavy atom. The number of hydrogen-bond donors (Lipinski definition) is 1. The summed E-state index contributed by atoms with van der Waals surface area (Å²) in [4.78, 5) is 27.1. The molecule has 8 heteroatoms. The molecular weight excluding hydrogens is 436 g/mol. The third kappa shape index (κ3) is 4.04. The van der Waals surface area contributed by atoms with Gasteiger partial charge in [0.25, 0.3) is 0 Å². The van der Waals surface area contributed by atoms with Crippen molar-refractivity contribution < 1.29 is 19.1 Å². The van der Waals surface area contributed by atoms with Crippen molar-refractivity contribution in [3.8, 4) is 11.5 Å². The molecule has 1 saturated heterocycles. The molecule has 0 spiro atoms. The highest BCUT2D eigenvalue weighted by molar-refractivity contribution is 9.10. The van der Waals surface area contributed by atoms with Crippen molar-refractivity contribution in [2.75, 3.05) is 31.0 Å². The SMILES string of the molecule is COc1cc(OC)c(NC(=O)C2CCN(c3cccc(Br)c3)C2=O)cc1Cl. The second-order valence-electron chi connectivity index (χ2n) is 5.99. The highest BCUT2D eigenvalue weighted by Crippen LogP contribution is 2.36. The number of benzene rings is 2. The van der Waals surface area contributed by atoms with E-state index in [1.807, 2.05) is 24.3 Å². The molecule has 1 N–H and O–H groups in total. The van der Waals surface area contributed by atoms with Gasteiger partial charge in [0.1, 0.15) is 17.4 Å². The predicted molar refractivity (Wildman–Crippen MR) is 108 cm³/mol. The molecule has 1 atom stereocenters. The zero-order valence-corrected chi connectivity index (χ0v) is 17.1. The maximum absolute atomic E-state index is 12.7. The Hall–Kier alpha value is -2.25. The molecule has 2 aromatic carbocycles. The minimum Gasteiger partial charge on any atom is -0.495 e. The molecule has 27 heavy (non-hydrogen) atoms. The third-order valence-corrected chi connectivity index (χ3v) is 5.16. The largest absolute Gasteiger partial charge is 0.495 e. The molecule has 1 aliphatic rings. The highest BCUT2D eigenvalue weighted by atomic mass is 79.9. The van der Waals surface area contributed by atoms with Crippen LogP contribution in [-0.2, 0) is 9.59 Å². The van der Waals surface area contributed by atoms with Gasteiger partial charge >= 0.3 is 0 Å². The molecule has 3 rings (SSSR count). The summed E-state index contributed by atoms with van der Waals surface area (Å²) in [5, 5.41) is 3.08. The monoisotopic (exact) mass is 452 g/mol. The van der Waals surface area contributed by atoms with E-state index < -0.39 is 11.8 Å². The summed E-state index contributed by atoms with van der Waals surface area (Å²) in [6, 6.07) is 10.6. The lowest BCUT2D eigenvalue weighted by Crippen LogP contribution is -2.33. The summed E-state index contributed by atoms with van der Waals surface area (Å²) in [5.74, 6) is -0.557. The molecule has 1 heterocycles.